The van der Waals surface area contributed by atoms with E-state index in [2.05, 4.69) is 571 Å². The van der Waals surface area contributed by atoms with E-state index in [4.69, 9.17) is 0 Å². The van der Waals surface area contributed by atoms with Crippen molar-refractivity contribution in [1.82, 2.24) is 0 Å². The van der Waals surface area contributed by atoms with Crippen molar-refractivity contribution in [3.05, 3.63) is 518 Å². The molecule has 0 fully saturated rings. The van der Waals surface area contributed by atoms with Gasteiger partial charge in [0.1, 0.15) is 0 Å². The highest BCUT2D eigenvalue weighted by Crippen LogP contribution is 2.62. The van der Waals surface area contributed by atoms with Crippen molar-refractivity contribution in [3.63, 3.8) is 0 Å². The van der Waals surface area contributed by atoms with Crippen LogP contribution in [0.1, 0.15) is 128 Å². The van der Waals surface area contributed by atoms with E-state index < -0.39 is 12.1 Å². The maximum Gasteiger partial charge on any atom is 0.252 e. The molecular weight excluding hydrogens is 1830 g/mol. The van der Waals surface area contributed by atoms with Crippen LogP contribution in [0.25, 0.3) is 152 Å². The molecule has 0 amide bonds. The van der Waals surface area contributed by atoms with Gasteiger partial charge in [-0.05, 0) is 257 Å². The quantitative estimate of drug-likeness (QED) is 0.0947. The second-order valence-corrected chi connectivity index (χ2v) is 47.3. The number of hydrogen-bond acceptors (Lipinski definition) is 5. The van der Waals surface area contributed by atoms with Crippen LogP contribution in [0.4, 0.5) is 51.2 Å². The van der Waals surface area contributed by atoms with Gasteiger partial charge in [-0.25, -0.2) is 0 Å². The van der Waals surface area contributed by atoms with Crippen molar-refractivity contribution >= 4 is 137 Å². The average molecular weight is 1950 g/mol. The number of nitrogens with zero attached hydrogens (tertiary/aromatic N) is 3. The first-order valence-electron chi connectivity index (χ1n) is 52.5. The molecule has 2 aromatic heterocycles. The summed E-state index contributed by atoms with van der Waals surface area (Å²) in [5.74, 6) is 0. The Bertz CT molecular complexity index is 8450. The molecule has 0 spiro atoms. The number of rotatable bonds is 15. The number of benzene rings is 21. The molecule has 26 rings (SSSR count). The molecule has 0 bridgehead atoms. The van der Waals surface area contributed by atoms with Crippen LogP contribution in [0, 0.1) is 0 Å². The molecule has 23 aromatic rings. The van der Waals surface area contributed by atoms with Crippen LogP contribution < -0.4 is 31.1 Å². The summed E-state index contributed by atoms with van der Waals surface area (Å²) in [7, 11) is 0. The first-order chi connectivity index (χ1) is 72.4. The van der Waals surface area contributed by atoms with E-state index in [1.165, 1.54) is 123 Å². The maximum absolute atomic E-state index is 2.80. The highest BCUT2D eigenvalue weighted by Gasteiger charge is 2.50. The summed E-state index contributed by atoms with van der Waals surface area (Å²) in [5.41, 5.74) is 45.0. The summed E-state index contributed by atoms with van der Waals surface area (Å²) in [4.78, 5) is 8.26. The summed E-state index contributed by atoms with van der Waals surface area (Å²) in [6.45, 7) is 27.8. The van der Waals surface area contributed by atoms with Gasteiger partial charge in [-0.1, -0.05) is 471 Å². The molecule has 716 valence electrons. The third-order valence-corrected chi connectivity index (χ3v) is 33.9. The van der Waals surface area contributed by atoms with Gasteiger partial charge in [0.05, 0.1) is 33.9 Å². The van der Waals surface area contributed by atoms with Gasteiger partial charge in [-0.2, -0.15) is 0 Å². The topological polar surface area (TPSA) is 9.72 Å². The van der Waals surface area contributed by atoms with Gasteiger partial charge in [-0.15, -0.1) is 22.7 Å². The van der Waals surface area contributed by atoms with Crippen LogP contribution in [-0.2, 0) is 27.1 Å². The van der Waals surface area contributed by atoms with Gasteiger partial charge in [0.2, 0.25) is 0 Å². The Morgan fingerprint density at radius 2 is 0.470 bits per heavy atom. The Kier molecular flexibility index (Phi) is 22.3. The number of para-hydroxylation sites is 4. The fourth-order valence-corrected chi connectivity index (χ4v) is 26.3. The molecule has 0 saturated carbocycles. The monoisotopic (exact) mass is 1950 g/mol. The fourth-order valence-electron chi connectivity index (χ4n) is 24.0. The lowest BCUT2D eigenvalue weighted by atomic mass is 9.33. The molecule has 3 nitrogen and oxygen atoms in total. The minimum atomic E-state index is -0.787. The minimum Gasteiger partial charge on any atom is -0.310 e. The smallest absolute Gasteiger partial charge is 0.252 e. The lowest BCUT2D eigenvalue weighted by Gasteiger charge is -2.48. The van der Waals surface area contributed by atoms with Crippen LogP contribution >= 0.6 is 22.7 Å². The van der Waals surface area contributed by atoms with E-state index in [9.17, 15) is 0 Å². The molecule has 3 aliphatic heterocycles. The van der Waals surface area contributed by atoms with E-state index in [-0.39, 0.29) is 21.7 Å². The number of thiophene rings is 2. The zero-order valence-corrected chi connectivity index (χ0v) is 87.9. The molecule has 0 atom stereocenters. The largest absolute Gasteiger partial charge is 0.310 e. The van der Waals surface area contributed by atoms with Gasteiger partial charge in [0, 0.05) is 85.3 Å². The molecule has 0 radical (unpaired) electrons. The molecule has 21 aromatic carbocycles. The van der Waals surface area contributed by atoms with Crippen molar-refractivity contribution < 1.29 is 0 Å². The molecule has 5 heterocycles. The molecule has 0 aliphatic carbocycles. The average Bonchev–Trinajstić information content (AvgIpc) is 1.51. The van der Waals surface area contributed by atoms with Crippen molar-refractivity contribution in [1.29, 1.82) is 0 Å². The van der Waals surface area contributed by atoms with Crippen LogP contribution in [0.5, 0.6) is 0 Å². The van der Waals surface area contributed by atoms with Crippen molar-refractivity contribution in [2.75, 3.05) is 14.7 Å². The van der Waals surface area contributed by atoms with Gasteiger partial charge in [0.15, 0.2) is 0 Å². The van der Waals surface area contributed by atoms with Gasteiger partial charge in [-0.3, -0.25) is 0 Å². The van der Waals surface area contributed by atoms with E-state index in [0.717, 1.165) is 140 Å². The fraction of sp³-hybridized carbons (Fsp3) is 0.119. The predicted molar refractivity (Wildman–Crippen MR) is 642 cm³/mol. The second kappa shape index (κ2) is 36.0. The van der Waals surface area contributed by atoms with Gasteiger partial charge < -0.3 is 14.7 Å². The normalized spacial score (nSPS) is 13.2. The summed E-state index contributed by atoms with van der Waals surface area (Å²) in [5, 5.41) is 4.85. The Morgan fingerprint density at radius 3 is 0.792 bits per heavy atom. The Labute approximate surface area is 884 Å². The summed E-state index contributed by atoms with van der Waals surface area (Å²) < 4.78 is 4.94. The number of hydrogen-bond donors (Lipinski definition) is 0. The van der Waals surface area contributed by atoms with Crippen molar-refractivity contribution in [2.45, 2.75) is 110 Å². The van der Waals surface area contributed by atoms with Crippen molar-refractivity contribution in [3.8, 4) is 111 Å². The highest BCUT2D eigenvalue weighted by molar-refractivity contribution is 7.26. The van der Waals surface area contributed by atoms with Gasteiger partial charge >= 0.3 is 0 Å². The lowest BCUT2D eigenvalue weighted by molar-refractivity contribution is 0.568. The lowest BCUT2D eigenvalue weighted by Crippen LogP contribution is -2.61. The first kappa shape index (κ1) is 92.4. The van der Waals surface area contributed by atoms with Crippen LogP contribution in [0.2, 0.25) is 0 Å². The van der Waals surface area contributed by atoms with Gasteiger partial charge in [0.25, 0.3) is 6.71 Å². The Hall–Kier alpha value is -16.5. The van der Waals surface area contributed by atoms with Crippen LogP contribution in [0.3, 0.4) is 0 Å². The van der Waals surface area contributed by atoms with E-state index in [0.29, 0.717) is 0 Å². The van der Waals surface area contributed by atoms with E-state index in [1.54, 1.807) is 0 Å². The zero-order chi connectivity index (χ0) is 101. The second-order valence-electron chi connectivity index (χ2n) is 45.1. The molecule has 6 heteroatoms. The molecule has 0 unspecified atom stereocenters. The molecule has 149 heavy (non-hydrogen) atoms. The summed E-state index contributed by atoms with van der Waals surface area (Å²) in [6, 6.07) is 182. The Morgan fingerprint density at radius 1 is 0.195 bits per heavy atom. The summed E-state index contributed by atoms with van der Waals surface area (Å²) >= 11 is 3.86. The highest BCUT2D eigenvalue weighted by atomic mass is 32.1. The molecular formula is C143H114BN3S2. The maximum atomic E-state index is 2.80. The Balaban J connectivity index is 0.848. The SMILES string of the molecule is CC(C)(C)c1cc(-c2ccc3c(c2)sc2cc4c(cc23)N(c2c(-c3cccc(-c5ccccc5)c3)cccc2-c2cccc(-c3ccccc3)c2)c2cc(N3c5ccccc5C(c5ccccc5)(c5ccccc5)c5ccccc53)cc3c2B4c2cc4sc5cc(-c6cc(C(C)(C)C)cc(C(C)(C)C)c6)ccc5c4cc2N3c2c(-c3cccc(-c4ccccc4)c3)cccc2-c2cccc(-c3ccccc3)c2)cc(C(C)(C)C)c1. The number of fused-ring (bicyclic) bond motifs is 12. The minimum absolute atomic E-state index is 0.0836. The third-order valence-electron chi connectivity index (χ3n) is 31.6. The van der Waals surface area contributed by atoms with Crippen LogP contribution in [-0.4, -0.2) is 6.71 Å². The first-order valence-corrected chi connectivity index (χ1v) is 54.1. The molecule has 0 saturated heterocycles. The third kappa shape index (κ3) is 16.0. The summed E-state index contributed by atoms with van der Waals surface area (Å²) in [6.07, 6.45) is 0. The van der Waals surface area contributed by atoms with E-state index >= 15 is 0 Å². The zero-order valence-electron chi connectivity index (χ0n) is 86.3. The van der Waals surface area contributed by atoms with Crippen LogP contribution in [0.15, 0.2) is 473 Å². The predicted octanol–water partition coefficient (Wildman–Crippen LogP) is 38.5. The van der Waals surface area contributed by atoms with Crippen molar-refractivity contribution in [2.24, 2.45) is 0 Å². The molecule has 0 N–H and O–H groups in total. The van der Waals surface area contributed by atoms with E-state index in [1.807, 2.05) is 22.7 Å². The standard InChI is InChI=1S/C143H114BN3S2/c1-139(2,3)109-77-105(78-110(83-109)140(4,5)6)99-69-71-118-120-87-128-124(89-134(120)148-132(118)81-99)144-125-90-135-121(119-72-70-100(82-133(119)149-135)106-79-111(141(7,8)9)84-112(80-106)142(10,11)12)88-129(125)147(138-116(103-55-37-51-97(75-103)93-45-23-15-24-46-93)63-40-64-117(138)104-56-38-52-98(76-104)94-47-25-16-26-48-94)131-86-113(145-126-67-33-31-65-122(126)143(107-57-27-17-28-58-107,108-59-29-18-30-60-108)123-66-32-34-68-127(123)145)85-130(136(131)144)146(128)137-114(101-53-35-49-95(73-101)91-41-19-13-20-42-91)61-39-62-115(137)102-54-36-50-96(74-102)92-43-21-14-22-44-92/h13-90H,1-12H3. The number of anilines is 9. The molecule has 3 aliphatic rings.